The van der Waals surface area contributed by atoms with Gasteiger partial charge in [0.2, 0.25) is 0 Å². The predicted octanol–water partition coefficient (Wildman–Crippen LogP) is 10.5. The molecule has 1 heterocycles. The van der Waals surface area contributed by atoms with E-state index in [0.717, 1.165) is 39.8 Å². The van der Waals surface area contributed by atoms with E-state index < -0.39 is 0 Å². The van der Waals surface area contributed by atoms with Crippen LogP contribution in [0.2, 0.25) is 5.02 Å². The number of para-hydroxylation sites is 4. The Kier molecular flexibility index (Phi) is 6.31. The molecule has 0 bridgehead atoms. The van der Waals surface area contributed by atoms with Gasteiger partial charge in [-0.15, -0.1) is 0 Å². The molecule has 0 atom stereocenters. The SMILES string of the molecule is Clc1c(Cc2ccccc2)cc(-n2c3ccccc3c3ccccc32)cc1N(c1ccccc1)c1ccccc1. The lowest BCUT2D eigenvalue weighted by atomic mass is 10.0. The summed E-state index contributed by atoms with van der Waals surface area (Å²) in [4.78, 5) is 2.26. The summed E-state index contributed by atoms with van der Waals surface area (Å²) in [5.74, 6) is 0. The fraction of sp³-hybridized carbons (Fsp3) is 0.0270. The van der Waals surface area contributed by atoms with Crippen molar-refractivity contribution in [2.45, 2.75) is 6.42 Å². The fourth-order valence-electron chi connectivity index (χ4n) is 5.67. The smallest absolute Gasteiger partial charge is 0.0683 e. The zero-order valence-corrected chi connectivity index (χ0v) is 22.7. The molecule has 3 heteroatoms. The van der Waals surface area contributed by atoms with Gasteiger partial charge in [-0.1, -0.05) is 115 Å². The van der Waals surface area contributed by atoms with Crippen LogP contribution in [0.25, 0.3) is 27.5 Å². The molecule has 7 rings (SSSR count). The average Bonchev–Trinajstić information content (AvgIpc) is 3.35. The molecule has 192 valence electrons. The van der Waals surface area contributed by atoms with Crippen molar-refractivity contribution in [3.8, 4) is 5.69 Å². The Hall–Kier alpha value is -4.79. The van der Waals surface area contributed by atoms with E-state index in [1.165, 1.54) is 27.4 Å². The predicted molar refractivity (Wildman–Crippen MR) is 170 cm³/mol. The summed E-state index contributed by atoms with van der Waals surface area (Å²) in [6, 6.07) is 53.2. The summed E-state index contributed by atoms with van der Waals surface area (Å²) < 4.78 is 2.37. The van der Waals surface area contributed by atoms with Crippen molar-refractivity contribution in [3.05, 3.63) is 168 Å². The lowest BCUT2D eigenvalue weighted by Crippen LogP contribution is -2.12. The van der Waals surface area contributed by atoms with E-state index in [2.05, 4.69) is 149 Å². The number of rotatable bonds is 6. The van der Waals surface area contributed by atoms with Crippen LogP contribution in [0.15, 0.2) is 152 Å². The normalized spacial score (nSPS) is 11.2. The lowest BCUT2D eigenvalue weighted by Gasteiger charge is -2.28. The van der Waals surface area contributed by atoms with Crippen LogP contribution in [-0.2, 0) is 6.42 Å². The summed E-state index contributed by atoms with van der Waals surface area (Å²) in [6.45, 7) is 0. The minimum Gasteiger partial charge on any atom is -0.309 e. The molecule has 0 aliphatic carbocycles. The summed E-state index contributed by atoms with van der Waals surface area (Å²) >= 11 is 7.37. The number of anilines is 3. The van der Waals surface area contributed by atoms with Gasteiger partial charge in [0.25, 0.3) is 0 Å². The van der Waals surface area contributed by atoms with Gasteiger partial charge in [-0.25, -0.2) is 0 Å². The van der Waals surface area contributed by atoms with Crippen molar-refractivity contribution in [1.29, 1.82) is 0 Å². The van der Waals surface area contributed by atoms with Crippen LogP contribution in [0, 0.1) is 0 Å². The number of hydrogen-bond donors (Lipinski definition) is 0. The summed E-state index contributed by atoms with van der Waals surface area (Å²) in [6.07, 6.45) is 0.731. The van der Waals surface area contributed by atoms with Gasteiger partial charge >= 0.3 is 0 Å². The first-order valence-electron chi connectivity index (χ1n) is 13.5. The van der Waals surface area contributed by atoms with Crippen molar-refractivity contribution >= 4 is 50.5 Å². The minimum atomic E-state index is 0.731. The Bertz CT molecular complexity index is 1830. The highest BCUT2D eigenvalue weighted by molar-refractivity contribution is 6.34. The third-order valence-electron chi connectivity index (χ3n) is 7.46. The number of benzene rings is 6. The molecule has 0 saturated heterocycles. The number of nitrogens with zero attached hydrogens (tertiary/aromatic N) is 2. The highest BCUT2D eigenvalue weighted by Gasteiger charge is 2.21. The third kappa shape index (κ3) is 4.33. The zero-order valence-electron chi connectivity index (χ0n) is 21.9. The molecule has 2 nitrogen and oxygen atoms in total. The van der Waals surface area contributed by atoms with E-state index in [-0.39, 0.29) is 0 Å². The van der Waals surface area contributed by atoms with Crippen molar-refractivity contribution in [2.24, 2.45) is 0 Å². The first kappa shape index (κ1) is 24.3. The summed E-state index contributed by atoms with van der Waals surface area (Å²) in [7, 11) is 0. The molecule has 1 aromatic heterocycles. The molecule has 0 fully saturated rings. The summed E-state index contributed by atoms with van der Waals surface area (Å²) in [5, 5.41) is 3.23. The number of fused-ring (bicyclic) bond motifs is 3. The van der Waals surface area contributed by atoms with Crippen LogP contribution >= 0.6 is 11.6 Å². The summed E-state index contributed by atoms with van der Waals surface area (Å²) in [5.41, 5.74) is 8.80. The second-order valence-corrected chi connectivity index (χ2v) is 10.4. The molecule has 0 saturated carbocycles. The van der Waals surface area contributed by atoms with Crippen LogP contribution in [0.1, 0.15) is 11.1 Å². The average molecular weight is 535 g/mol. The molecule has 0 aliphatic heterocycles. The second-order valence-electron chi connectivity index (χ2n) is 9.98. The fourth-order valence-corrected chi connectivity index (χ4v) is 5.93. The molecule has 0 spiro atoms. The van der Waals surface area contributed by atoms with Crippen LogP contribution in [0.3, 0.4) is 0 Å². The second kappa shape index (κ2) is 10.4. The van der Waals surface area contributed by atoms with E-state index in [1.807, 2.05) is 12.1 Å². The molecule has 0 N–H and O–H groups in total. The Morgan fingerprint density at radius 1 is 0.525 bits per heavy atom. The maximum atomic E-state index is 7.37. The molecule has 40 heavy (non-hydrogen) atoms. The van der Waals surface area contributed by atoms with Crippen LogP contribution < -0.4 is 4.90 Å². The van der Waals surface area contributed by atoms with E-state index in [9.17, 15) is 0 Å². The first-order chi connectivity index (χ1) is 19.8. The molecular formula is C37H27ClN2. The molecule has 0 amide bonds. The Morgan fingerprint density at radius 2 is 1.00 bits per heavy atom. The zero-order chi connectivity index (χ0) is 26.9. The van der Waals surface area contributed by atoms with E-state index in [1.54, 1.807) is 0 Å². The first-order valence-corrected chi connectivity index (χ1v) is 13.9. The standard InChI is InChI=1S/C37H27ClN2/c38-37-28(24-27-14-4-1-5-15-27)25-31(40-34-22-12-10-20-32(34)33-21-11-13-23-35(33)40)26-36(37)39(29-16-6-2-7-17-29)30-18-8-3-9-19-30/h1-23,25-26H,24H2. The third-order valence-corrected chi connectivity index (χ3v) is 7.90. The maximum Gasteiger partial charge on any atom is 0.0683 e. The van der Waals surface area contributed by atoms with Crippen molar-refractivity contribution < 1.29 is 0 Å². The Labute approximate surface area is 239 Å². The highest BCUT2D eigenvalue weighted by Crippen LogP contribution is 2.43. The lowest BCUT2D eigenvalue weighted by molar-refractivity contribution is 1.12. The van der Waals surface area contributed by atoms with E-state index in [0.29, 0.717) is 0 Å². The van der Waals surface area contributed by atoms with Gasteiger partial charge in [0.1, 0.15) is 0 Å². The maximum absolute atomic E-state index is 7.37. The monoisotopic (exact) mass is 534 g/mol. The molecule has 0 radical (unpaired) electrons. The largest absolute Gasteiger partial charge is 0.309 e. The number of hydrogen-bond acceptors (Lipinski definition) is 1. The molecular weight excluding hydrogens is 508 g/mol. The van der Waals surface area contributed by atoms with Gasteiger partial charge in [-0.05, 0) is 66.1 Å². The minimum absolute atomic E-state index is 0.731. The Balaban J connectivity index is 1.54. The molecule has 6 aromatic carbocycles. The van der Waals surface area contributed by atoms with Gasteiger partial charge in [-0.2, -0.15) is 0 Å². The van der Waals surface area contributed by atoms with Crippen molar-refractivity contribution in [1.82, 2.24) is 4.57 Å². The van der Waals surface area contributed by atoms with Crippen molar-refractivity contribution in [3.63, 3.8) is 0 Å². The van der Waals surface area contributed by atoms with Crippen LogP contribution in [-0.4, -0.2) is 4.57 Å². The quantitative estimate of drug-likeness (QED) is 0.206. The number of aromatic nitrogens is 1. The van der Waals surface area contributed by atoms with Crippen LogP contribution in [0.5, 0.6) is 0 Å². The van der Waals surface area contributed by atoms with E-state index in [4.69, 9.17) is 11.6 Å². The van der Waals surface area contributed by atoms with Gasteiger partial charge in [0.15, 0.2) is 0 Å². The molecule has 7 aromatic rings. The van der Waals surface area contributed by atoms with Crippen LogP contribution in [0.4, 0.5) is 17.1 Å². The Morgan fingerprint density at radius 3 is 1.55 bits per heavy atom. The van der Waals surface area contributed by atoms with Gasteiger partial charge in [-0.3, -0.25) is 0 Å². The molecule has 0 unspecified atom stereocenters. The highest BCUT2D eigenvalue weighted by atomic mass is 35.5. The van der Waals surface area contributed by atoms with Gasteiger partial charge in [0, 0.05) is 27.8 Å². The van der Waals surface area contributed by atoms with Gasteiger partial charge < -0.3 is 9.47 Å². The van der Waals surface area contributed by atoms with E-state index >= 15 is 0 Å². The topological polar surface area (TPSA) is 8.17 Å². The molecule has 0 aliphatic rings. The van der Waals surface area contributed by atoms with Gasteiger partial charge in [0.05, 0.1) is 21.7 Å². The van der Waals surface area contributed by atoms with Crippen molar-refractivity contribution in [2.75, 3.05) is 4.90 Å². The number of halogens is 1.